The number of carbonyl (C=O) groups is 1. The van der Waals surface area contributed by atoms with Gasteiger partial charge in [-0.3, -0.25) is 4.79 Å². The fourth-order valence-electron chi connectivity index (χ4n) is 2.92. The van der Waals surface area contributed by atoms with Crippen LogP contribution in [0.3, 0.4) is 0 Å². The minimum atomic E-state index is -0.116. The Bertz CT molecular complexity index is 715. The van der Waals surface area contributed by atoms with Crippen molar-refractivity contribution in [2.24, 2.45) is 0 Å². The van der Waals surface area contributed by atoms with Crippen LogP contribution < -0.4 is 5.32 Å². The first-order chi connectivity index (χ1) is 12.1. The first kappa shape index (κ1) is 17.4. The summed E-state index contributed by atoms with van der Waals surface area (Å²) in [5.41, 5.74) is 1.49. The number of aromatic nitrogens is 2. The number of hydrogen-bond acceptors (Lipinski definition) is 5. The van der Waals surface area contributed by atoms with Crippen LogP contribution in [0.25, 0.3) is 0 Å². The Morgan fingerprint density at radius 1 is 1.32 bits per heavy atom. The summed E-state index contributed by atoms with van der Waals surface area (Å²) in [6.07, 6.45) is 2.38. The summed E-state index contributed by atoms with van der Waals surface area (Å²) in [4.78, 5) is 23.0. The highest BCUT2D eigenvalue weighted by Gasteiger charge is 2.18. The van der Waals surface area contributed by atoms with Gasteiger partial charge >= 0.3 is 0 Å². The van der Waals surface area contributed by atoms with Gasteiger partial charge in [-0.2, -0.15) is 0 Å². The maximum Gasteiger partial charge on any atom is 0.272 e. The minimum absolute atomic E-state index is 0.116. The molecule has 0 spiro atoms. The van der Waals surface area contributed by atoms with Crippen molar-refractivity contribution in [1.82, 2.24) is 14.9 Å². The van der Waals surface area contributed by atoms with Crippen molar-refractivity contribution < 1.29 is 9.53 Å². The second-order valence-electron chi connectivity index (χ2n) is 6.35. The molecule has 1 unspecified atom stereocenters. The quantitative estimate of drug-likeness (QED) is 0.876. The Kier molecular flexibility index (Phi) is 5.60. The van der Waals surface area contributed by atoms with E-state index in [-0.39, 0.29) is 12.0 Å². The molecule has 1 N–H and O–H groups in total. The summed E-state index contributed by atoms with van der Waals surface area (Å²) in [5.74, 6) is 1.13. The van der Waals surface area contributed by atoms with Crippen molar-refractivity contribution in [3.63, 3.8) is 0 Å². The molecule has 0 aliphatic carbocycles. The maximum absolute atomic E-state index is 12.7. The van der Waals surface area contributed by atoms with E-state index < -0.39 is 0 Å². The van der Waals surface area contributed by atoms with Gasteiger partial charge < -0.3 is 15.0 Å². The van der Waals surface area contributed by atoms with Crippen molar-refractivity contribution in [2.45, 2.75) is 32.4 Å². The fourth-order valence-corrected chi connectivity index (χ4v) is 2.92. The number of rotatable bonds is 6. The van der Waals surface area contributed by atoms with E-state index in [4.69, 9.17) is 4.74 Å². The van der Waals surface area contributed by atoms with E-state index in [1.54, 1.807) is 24.9 Å². The van der Waals surface area contributed by atoms with Gasteiger partial charge in [-0.15, -0.1) is 0 Å². The number of anilines is 1. The van der Waals surface area contributed by atoms with E-state index in [9.17, 15) is 4.79 Å². The number of aryl methyl sites for hydroxylation is 1. The second-order valence-corrected chi connectivity index (χ2v) is 6.35. The van der Waals surface area contributed by atoms with Gasteiger partial charge in [-0.25, -0.2) is 9.97 Å². The van der Waals surface area contributed by atoms with Crippen molar-refractivity contribution in [3.8, 4) is 0 Å². The van der Waals surface area contributed by atoms with E-state index in [2.05, 4.69) is 15.3 Å². The van der Waals surface area contributed by atoms with Gasteiger partial charge in [0, 0.05) is 32.8 Å². The van der Waals surface area contributed by atoms with Crippen molar-refractivity contribution in [1.29, 1.82) is 0 Å². The standard InChI is InChI=1S/C19H24N4O2/c1-14-21-17(11-18(22-14)20-12-16-9-6-10-25-16)19(24)23(2)13-15-7-4-3-5-8-15/h3-5,7-8,11,16H,6,9-10,12-13H2,1-2H3,(H,20,21,22). The van der Waals surface area contributed by atoms with Crippen LogP contribution in [-0.4, -0.2) is 47.1 Å². The Morgan fingerprint density at radius 2 is 2.12 bits per heavy atom. The molecule has 6 nitrogen and oxygen atoms in total. The van der Waals surface area contributed by atoms with Crippen LogP contribution in [0.1, 0.15) is 34.7 Å². The Hall–Kier alpha value is -2.47. The van der Waals surface area contributed by atoms with Gasteiger partial charge in [0.05, 0.1) is 6.10 Å². The molecule has 0 bridgehead atoms. The number of ether oxygens (including phenoxy) is 1. The second kappa shape index (κ2) is 8.07. The zero-order valence-electron chi connectivity index (χ0n) is 14.7. The molecule has 2 aromatic rings. The van der Waals surface area contributed by atoms with Crippen LogP contribution >= 0.6 is 0 Å². The average molecular weight is 340 g/mol. The molecule has 3 rings (SSSR count). The maximum atomic E-state index is 12.7. The van der Waals surface area contributed by atoms with Crippen LogP contribution in [0.5, 0.6) is 0 Å². The summed E-state index contributed by atoms with van der Waals surface area (Å²) in [6, 6.07) is 11.6. The van der Waals surface area contributed by atoms with Gasteiger partial charge in [0.1, 0.15) is 17.3 Å². The lowest BCUT2D eigenvalue weighted by Crippen LogP contribution is -2.27. The zero-order valence-corrected chi connectivity index (χ0v) is 14.7. The van der Waals surface area contributed by atoms with Crippen LogP contribution in [0.2, 0.25) is 0 Å². The van der Waals surface area contributed by atoms with Crippen LogP contribution in [0, 0.1) is 6.92 Å². The monoisotopic (exact) mass is 340 g/mol. The van der Waals surface area contributed by atoms with E-state index in [1.165, 1.54) is 0 Å². The van der Waals surface area contributed by atoms with Gasteiger partial charge in [0.25, 0.3) is 5.91 Å². The lowest BCUT2D eigenvalue weighted by Gasteiger charge is -2.18. The largest absolute Gasteiger partial charge is 0.376 e. The number of benzene rings is 1. The molecular formula is C19H24N4O2. The molecule has 25 heavy (non-hydrogen) atoms. The van der Waals surface area contributed by atoms with Gasteiger partial charge in [0.15, 0.2) is 0 Å². The molecule has 1 aromatic carbocycles. The molecule has 0 saturated carbocycles. The molecule has 0 radical (unpaired) electrons. The molecule has 1 aliphatic heterocycles. The summed E-state index contributed by atoms with van der Waals surface area (Å²) in [6.45, 7) is 3.86. The predicted molar refractivity (Wildman–Crippen MR) is 96.5 cm³/mol. The van der Waals surface area contributed by atoms with Crippen LogP contribution in [0.4, 0.5) is 5.82 Å². The first-order valence-corrected chi connectivity index (χ1v) is 8.62. The van der Waals surface area contributed by atoms with E-state index in [1.807, 2.05) is 30.3 Å². The molecule has 1 fully saturated rings. The summed E-state index contributed by atoms with van der Waals surface area (Å²) < 4.78 is 5.61. The highest BCUT2D eigenvalue weighted by Crippen LogP contribution is 2.15. The molecular weight excluding hydrogens is 316 g/mol. The number of carbonyl (C=O) groups excluding carboxylic acids is 1. The smallest absolute Gasteiger partial charge is 0.272 e. The highest BCUT2D eigenvalue weighted by molar-refractivity contribution is 5.92. The molecule has 6 heteroatoms. The molecule has 132 valence electrons. The third kappa shape index (κ3) is 4.76. The topological polar surface area (TPSA) is 67.4 Å². The number of hydrogen-bond donors (Lipinski definition) is 1. The molecule has 1 amide bonds. The lowest BCUT2D eigenvalue weighted by atomic mass is 10.2. The Morgan fingerprint density at radius 3 is 2.84 bits per heavy atom. The molecule has 1 aliphatic rings. The summed E-state index contributed by atoms with van der Waals surface area (Å²) in [7, 11) is 1.78. The molecule has 1 aromatic heterocycles. The normalized spacial score (nSPS) is 16.6. The Balaban J connectivity index is 1.66. The van der Waals surface area contributed by atoms with Gasteiger partial charge in [-0.1, -0.05) is 30.3 Å². The SMILES string of the molecule is Cc1nc(NCC2CCCO2)cc(C(=O)N(C)Cc2ccccc2)n1. The zero-order chi connectivity index (χ0) is 17.6. The van der Waals surface area contributed by atoms with Gasteiger partial charge in [0.2, 0.25) is 0 Å². The van der Waals surface area contributed by atoms with Crippen LogP contribution in [0.15, 0.2) is 36.4 Å². The molecule has 2 heterocycles. The highest BCUT2D eigenvalue weighted by atomic mass is 16.5. The average Bonchev–Trinajstić information content (AvgIpc) is 3.13. The predicted octanol–water partition coefficient (Wildman–Crippen LogP) is 2.65. The van der Waals surface area contributed by atoms with Crippen molar-refractivity contribution >= 4 is 11.7 Å². The van der Waals surface area contributed by atoms with E-state index in [0.717, 1.165) is 25.0 Å². The van der Waals surface area contributed by atoms with Crippen LogP contribution in [-0.2, 0) is 11.3 Å². The number of nitrogens with zero attached hydrogens (tertiary/aromatic N) is 3. The minimum Gasteiger partial charge on any atom is -0.376 e. The number of nitrogens with one attached hydrogen (secondary N) is 1. The van der Waals surface area contributed by atoms with E-state index >= 15 is 0 Å². The fraction of sp³-hybridized carbons (Fsp3) is 0.421. The first-order valence-electron chi connectivity index (χ1n) is 8.62. The van der Waals surface area contributed by atoms with Gasteiger partial charge in [-0.05, 0) is 25.3 Å². The summed E-state index contributed by atoms with van der Waals surface area (Å²) in [5, 5.41) is 3.26. The van der Waals surface area contributed by atoms with Crippen molar-refractivity contribution in [3.05, 3.63) is 53.5 Å². The third-order valence-corrected chi connectivity index (χ3v) is 4.20. The summed E-state index contributed by atoms with van der Waals surface area (Å²) >= 11 is 0. The lowest BCUT2D eigenvalue weighted by molar-refractivity contribution is 0.0779. The number of amides is 1. The molecule has 1 saturated heterocycles. The molecule has 1 atom stereocenters. The van der Waals surface area contributed by atoms with Crippen molar-refractivity contribution in [2.75, 3.05) is 25.5 Å². The Labute approximate surface area is 148 Å². The third-order valence-electron chi connectivity index (χ3n) is 4.20. The van der Waals surface area contributed by atoms with E-state index in [0.29, 0.717) is 30.4 Å².